The van der Waals surface area contributed by atoms with Gasteiger partial charge < -0.3 is 10.6 Å². The monoisotopic (exact) mass is 480 g/mol. The van der Waals surface area contributed by atoms with E-state index in [0.29, 0.717) is 27.1 Å². The van der Waals surface area contributed by atoms with E-state index >= 15 is 0 Å². The average molecular weight is 481 g/mol. The fourth-order valence-electron chi connectivity index (χ4n) is 4.26. The van der Waals surface area contributed by atoms with Crippen molar-refractivity contribution >= 4 is 45.4 Å². The minimum Gasteiger partial charge on any atom is -0.322 e. The molecule has 1 aromatic heterocycles. The number of rotatable bonds is 4. The van der Waals surface area contributed by atoms with E-state index < -0.39 is 0 Å². The third-order valence-electron chi connectivity index (χ3n) is 6.36. The van der Waals surface area contributed by atoms with E-state index in [9.17, 15) is 9.59 Å². The first-order valence-corrected chi connectivity index (χ1v) is 12.4. The molecular formula is C27H29ClN2O2S. The van der Waals surface area contributed by atoms with E-state index in [-0.39, 0.29) is 17.2 Å². The third-order valence-corrected chi connectivity index (χ3v) is 7.78. The van der Waals surface area contributed by atoms with Gasteiger partial charge in [-0.15, -0.1) is 11.3 Å². The highest BCUT2D eigenvalue weighted by atomic mass is 35.5. The van der Waals surface area contributed by atoms with Gasteiger partial charge in [0, 0.05) is 21.2 Å². The van der Waals surface area contributed by atoms with Crippen LogP contribution in [0.2, 0.25) is 5.02 Å². The largest absolute Gasteiger partial charge is 0.322 e. The first-order chi connectivity index (χ1) is 15.6. The van der Waals surface area contributed by atoms with Gasteiger partial charge in [0.05, 0.1) is 5.56 Å². The topological polar surface area (TPSA) is 58.2 Å². The summed E-state index contributed by atoms with van der Waals surface area (Å²) < 4.78 is 0. The molecule has 0 saturated heterocycles. The smallest absolute Gasteiger partial charge is 0.258 e. The highest BCUT2D eigenvalue weighted by Gasteiger charge is 2.34. The number of thiophene rings is 1. The second kappa shape index (κ2) is 9.32. The number of carbonyl (C=O) groups is 2. The summed E-state index contributed by atoms with van der Waals surface area (Å²) in [5.74, 6) is 0.107. The molecule has 0 unspecified atom stereocenters. The van der Waals surface area contributed by atoms with Gasteiger partial charge in [-0.2, -0.15) is 0 Å². The van der Waals surface area contributed by atoms with Crippen LogP contribution in [-0.4, -0.2) is 11.8 Å². The molecule has 2 aromatic carbocycles. The van der Waals surface area contributed by atoms with Crippen molar-refractivity contribution in [3.63, 3.8) is 0 Å². The number of aryl methyl sites for hydroxylation is 1. The zero-order valence-corrected chi connectivity index (χ0v) is 21.0. The SMILES string of the molecule is Cc1ccc(NC(=O)c2c(NC(=O)c3ccc(Cl)cc3)sc3c2CC[C@H](C(C)(C)C)C3)cc1. The van der Waals surface area contributed by atoms with Crippen LogP contribution in [0.4, 0.5) is 10.7 Å². The molecule has 0 radical (unpaired) electrons. The van der Waals surface area contributed by atoms with Gasteiger partial charge in [0.15, 0.2) is 0 Å². The lowest BCUT2D eigenvalue weighted by molar-refractivity contribution is 0.102. The zero-order chi connectivity index (χ0) is 23.8. The van der Waals surface area contributed by atoms with Gasteiger partial charge in [-0.3, -0.25) is 9.59 Å². The van der Waals surface area contributed by atoms with Gasteiger partial charge in [-0.1, -0.05) is 50.1 Å². The first-order valence-electron chi connectivity index (χ1n) is 11.2. The van der Waals surface area contributed by atoms with E-state index in [2.05, 4.69) is 31.4 Å². The Morgan fingerprint density at radius 2 is 1.64 bits per heavy atom. The number of hydrogen-bond acceptors (Lipinski definition) is 3. The Labute approximate surface area is 204 Å². The predicted molar refractivity (Wildman–Crippen MR) is 138 cm³/mol. The summed E-state index contributed by atoms with van der Waals surface area (Å²) in [7, 11) is 0. The second-order valence-corrected chi connectivity index (χ2v) is 11.3. The number of halogens is 1. The normalized spacial score (nSPS) is 15.6. The molecule has 33 heavy (non-hydrogen) atoms. The fourth-order valence-corrected chi connectivity index (χ4v) is 5.71. The average Bonchev–Trinajstić information content (AvgIpc) is 3.12. The summed E-state index contributed by atoms with van der Waals surface area (Å²) in [6.07, 6.45) is 2.79. The number of benzene rings is 2. The maximum atomic E-state index is 13.4. The number of amides is 2. The van der Waals surface area contributed by atoms with E-state index in [1.54, 1.807) is 24.3 Å². The number of fused-ring (bicyclic) bond motifs is 1. The van der Waals surface area contributed by atoms with Gasteiger partial charge in [-0.25, -0.2) is 0 Å². The van der Waals surface area contributed by atoms with E-state index in [1.165, 1.54) is 16.2 Å². The van der Waals surface area contributed by atoms with E-state index in [4.69, 9.17) is 11.6 Å². The molecule has 1 atom stereocenters. The maximum Gasteiger partial charge on any atom is 0.258 e. The predicted octanol–water partition coefficient (Wildman–Crippen LogP) is 7.37. The molecule has 1 aliphatic carbocycles. The molecule has 1 heterocycles. The lowest BCUT2D eigenvalue weighted by atomic mass is 9.72. The molecule has 172 valence electrons. The van der Waals surface area contributed by atoms with Crippen LogP contribution in [0.5, 0.6) is 0 Å². The minimum atomic E-state index is -0.248. The lowest BCUT2D eigenvalue weighted by Crippen LogP contribution is -2.27. The van der Waals surface area contributed by atoms with Crippen LogP contribution in [0.3, 0.4) is 0 Å². The number of hydrogen-bond donors (Lipinski definition) is 2. The summed E-state index contributed by atoms with van der Waals surface area (Å²) in [5.41, 5.74) is 4.22. The molecule has 4 nitrogen and oxygen atoms in total. The molecule has 1 aliphatic rings. The van der Waals surface area contributed by atoms with Gasteiger partial charge in [0.1, 0.15) is 5.00 Å². The Morgan fingerprint density at radius 1 is 0.970 bits per heavy atom. The van der Waals surface area contributed by atoms with Crippen LogP contribution < -0.4 is 10.6 Å². The summed E-state index contributed by atoms with van der Waals surface area (Å²) in [6, 6.07) is 14.5. The van der Waals surface area contributed by atoms with Crippen molar-refractivity contribution in [1.82, 2.24) is 0 Å². The molecule has 0 bridgehead atoms. The van der Waals surface area contributed by atoms with Crippen LogP contribution in [0.15, 0.2) is 48.5 Å². The van der Waals surface area contributed by atoms with Crippen molar-refractivity contribution in [3.05, 3.63) is 80.7 Å². The van der Waals surface area contributed by atoms with Gasteiger partial charge in [0.2, 0.25) is 0 Å². The van der Waals surface area contributed by atoms with Crippen LogP contribution in [0.1, 0.15) is 63.9 Å². The minimum absolute atomic E-state index is 0.183. The highest BCUT2D eigenvalue weighted by molar-refractivity contribution is 7.17. The van der Waals surface area contributed by atoms with Crippen molar-refractivity contribution in [2.45, 2.75) is 47.0 Å². The summed E-state index contributed by atoms with van der Waals surface area (Å²) in [4.78, 5) is 27.6. The molecular weight excluding hydrogens is 452 g/mol. The Kier molecular flexibility index (Phi) is 6.64. The summed E-state index contributed by atoms with van der Waals surface area (Å²) in [6.45, 7) is 8.82. The quantitative estimate of drug-likeness (QED) is 0.409. The number of nitrogens with one attached hydrogen (secondary N) is 2. The molecule has 2 amide bonds. The summed E-state index contributed by atoms with van der Waals surface area (Å²) in [5, 5.41) is 7.22. The Hall–Kier alpha value is -2.63. The Bertz CT molecular complexity index is 1170. The van der Waals surface area contributed by atoms with Gasteiger partial charge in [-0.05, 0) is 79.5 Å². The lowest BCUT2D eigenvalue weighted by Gasteiger charge is -2.33. The van der Waals surface area contributed by atoms with Crippen LogP contribution in [0, 0.1) is 18.3 Å². The van der Waals surface area contributed by atoms with Crippen molar-refractivity contribution in [3.8, 4) is 0 Å². The van der Waals surface area contributed by atoms with Crippen LogP contribution in [0.25, 0.3) is 0 Å². The maximum absolute atomic E-state index is 13.4. The summed E-state index contributed by atoms with van der Waals surface area (Å²) >= 11 is 7.50. The van der Waals surface area contributed by atoms with Crippen LogP contribution >= 0.6 is 22.9 Å². The molecule has 6 heteroatoms. The van der Waals surface area contributed by atoms with Crippen molar-refractivity contribution < 1.29 is 9.59 Å². The zero-order valence-electron chi connectivity index (χ0n) is 19.4. The number of anilines is 2. The van der Waals surface area contributed by atoms with Crippen molar-refractivity contribution in [2.75, 3.05) is 10.6 Å². The molecule has 2 N–H and O–H groups in total. The third kappa shape index (κ3) is 5.31. The Balaban J connectivity index is 1.67. The van der Waals surface area contributed by atoms with E-state index in [1.807, 2.05) is 31.2 Å². The standard InChI is InChI=1S/C27H29ClN2O2S/c1-16-5-12-20(13-6-16)29-25(32)23-21-14-9-18(27(2,3)4)15-22(21)33-26(23)30-24(31)17-7-10-19(28)11-8-17/h5-8,10-13,18H,9,14-15H2,1-4H3,(H,29,32)(H,30,31)/t18-/m0/s1. The molecule has 0 spiro atoms. The molecule has 0 saturated carbocycles. The molecule has 0 fully saturated rings. The Morgan fingerprint density at radius 3 is 2.27 bits per heavy atom. The van der Waals surface area contributed by atoms with Gasteiger partial charge in [0.25, 0.3) is 11.8 Å². The van der Waals surface area contributed by atoms with Crippen molar-refractivity contribution in [1.29, 1.82) is 0 Å². The van der Waals surface area contributed by atoms with Crippen LogP contribution in [-0.2, 0) is 12.8 Å². The molecule has 0 aliphatic heterocycles. The fraction of sp³-hybridized carbons (Fsp3) is 0.333. The highest BCUT2D eigenvalue weighted by Crippen LogP contribution is 2.44. The van der Waals surface area contributed by atoms with Gasteiger partial charge >= 0.3 is 0 Å². The van der Waals surface area contributed by atoms with Crippen molar-refractivity contribution in [2.24, 2.45) is 11.3 Å². The molecule has 4 rings (SSSR count). The van der Waals surface area contributed by atoms with E-state index in [0.717, 1.165) is 36.1 Å². The second-order valence-electron chi connectivity index (χ2n) is 9.79. The number of carbonyl (C=O) groups excluding carboxylic acids is 2. The molecule has 3 aromatic rings. The first kappa shape index (κ1) is 23.5.